The molecule has 1 aromatic heterocycles. The fourth-order valence-corrected chi connectivity index (χ4v) is 4.67. The number of hydrogen-bond acceptors (Lipinski definition) is 5. The zero-order valence-electron chi connectivity index (χ0n) is 17.0. The van der Waals surface area contributed by atoms with Crippen LogP contribution in [0.2, 0.25) is 0 Å². The second-order valence-electron chi connectivity index (χ2n) is 6.80. The first kappa shape index (κ1) is 21.3. The van der Waals surface area contributed by atoms with Crippen molar-refractivity contribution in [3.05, 3.63) is 66.2 Å². The maximum Gasteiger partial charge on any atom is 0.242 e. The predicted octanol–water partition coefficient (Wildman–Crippen LogP) is 4.08. The average Bonchev–Trinajstić information content (AvgIpc) is 3.09. The molecule has 3 rings (SSSR count). The number of para-hydroxylation sites is 1. The van der Waals surface area contributed by atoms with Gasteiger partial charge in [-0.2, -0.15) is 0 Å². The monoisotopic (exact) mass is 428 g/mol. The molecular formula is C21H24N4O2S2. The van der Waals surface area contributed by atoms with Crippen molar-refractivity contribution in [3.8, 4) is 17.1 Å². The average molecular weight is 429 g/mol. The van der Waals surface area contributed by atoms with Crippen LogP contribution in [-0.2, 0) is 10.0 Å². The van der Waals surface area contributed by atoms with Crippen molar-refractivity contribution in [2.75, 3.05) is 19.8 Å². The number of nitrogens with zero attached hydrogens (tertiary/aromatic N) is 4. The Balaban J connectivity index is 2.24. The number of sulfonamides is 1. The molecule has 6 nitrogen and oxygen atoms in total. The molecule has 0 unspecified atom stereocenters. The molecular weight excluding hydrogens is 404 g/mol. The van der Waals surface area contributed by atoms with Gasteiger partial charge in [-0.05, 0) is 37.1 Å². The molecule has 0 saturated carbocycles. The van der Waals surface area contributed by atoms with E-state index in [2.05, 4.69) is 16.8 Å². The first-order chi connectivity index (χ1) is 13.8. The lowest BCUT2D eigenvalue weighted by Gasteiger charge is -2.16. The maximum absolute atomic E-state index is 12.6. The van der Waals surface area contributed by atoms with Crippen molar-refractivity contribution in [1.29, 1.82) is 0 Å². The molecule has 0 bridgehead atoms. The third-order valence-electron chi connectivity index (χ3n) is 4.50. The zero-order valence-corrected chi connectivity index (χ0v) is 18.6. The molecule has 1 heterocycles. The maximum atomic E-state index is 12.6. The quantitative estimate of drug-likeness (QED) is 0.419. The van der Waals surface area contributed by atoms with Crippen LogP contribution < -0.4 is 0 Å². The minimum atomic E-state index is -3.55. The van der Waals surface area contributed by atoms with Crippen LogP contribution in [0.1, 0.15) is 11.1 Å². The highest BCUT2D eigenvalue weighted by Crippen LogP contribution is 2.32. The van der Waals surface area contributed by atoms with Gasteiger partial charge in [-0.25, -0.2) is 12.7 Å². The Morgan fingerprint density at radius 1 is 1.10 bits per heavy atom. The van der Waals surface area contributed by atoms with Gasteiger partial charge in [0.1, 0.15) is 0 Å². The van der Waals surface area contributed by atoms with E-state index < -0.39 is 10.0 Å². The summed E-state index contributed by atoms with van der Waals surface area (Å²) in [7, 11) is -0.513. The number of rotatable bonds is 7. The van der Waals surface area contributed by atoms with Crippen LogP contribution in [-0.4, -0.2) is 47.3 Å². The van der Waals surface area contributed by atoms with Crippen molar-refractivity contribution in [2.24, 2.45) is 0 Å². The third kappa shape index (κ3) is 4.14. The molecule has 0 aliphatic heterocycles. The highest BCUT2D eigenvalue weighted by Gasteiger charge is 2.22. The summed E-state index contributed by atoms with van der Waals surface area (Å²) in [5.41, 5.74) is 3.86. The third-order valence-corrected chi connectivity index (χ3v) is 7.23. The van der Waals surface area contributed by atoms with E-state index in [1.54, 1.807) is 18.2 Å². The van der Waals surface area contributed by atoms with Gasteiger partial charge in [0, 0.05) is 25.4 Å². The van der Waals surface area contributed by atoms with Crippen LogP contribution in [0.5, 0.6) is 0 Å². The fraction of sp³-hybridized carbons (Fsp3) is 0.238. The van der Waals surface area contributed by atoms with E-state index in [4.69, 9.17) is 0 Å². The highest BCUT2D eigenvalue weighted by atomic mass is 32.2. The number of hydrogen-bond donors (Lipinski definition) is 0. The van der Waals surface area contributed by atoms with Gasteiger partial charge < -0.3 is 0 Å². The Morgan fingerprint density at radius 2 is 1.76 bits per heavy atom. The second-order valence-corrected chi connectivity index (χ2v) is 9.94. The standard InChI is InChI=1S/C21H24N4O2S2/c1-6-13-28-21-23-22-20(25(21)19-15(2)9-7-10-16(19)3)17-11-8-12-18(14-17)29(26,27)24(4)5/h6-12,14H,1,13H2,2-5H3. The van der Waals surface area contributed by atoms with Gasteiger partial charge in [0.2, 0.25) is 10.0 Å². The summed E-state index contributed by atoms with van der Waals surface area (Å²) in [6.45, 7) is 7.87. The molecule has 0 amide bonds. The lowest BCUT2D eigenvalue weighted by Crippen LogP contribution is -2.22. The Hall–Kier alpha value is -2.42. The topological polar surface area (TPSA) is 68.1 Å². The van der Waals surface area contributed by atoms with Gasteiger partial charge in [0.15, 0.2) is 11.0 Å². The highest BCUT2D eigenvalue weighted by molar-refractivity contribution is 7.99. The SMILES string of the molecule is C=CCSc1nnc(-c2cccc(S(=O)(=O)N(C)C)c2)n1-c1c(C)cccc1C. The van der Waals surface area contributed by atoms with Crippen LogP contribution in [0.25, 0.3) is 17.1 Å². The van der Waals surface area contributed by atoms with Crippen molar-refractivity contribution in [3.63, 3.8) is 0 Å². The molecule has 0 N–H and O–H groups in total. The molecule has 0 atom stereocenters. The zero-order chi connectivity index (χ0) is 21.2. The number of thioether (sulfide) groups is 1. The summed E-state index contributed by atoms with van der Waals surface area (Å²) < 4.78 is 28.4. The van der Waals surface area contributed by atoms with E-state index in [-0.39, 0.29) is 4.90 Å². The van der Waals surface area contributed by atoms with Crippen LogP contribution in [0.4, 0.5) is 0 Å². The molecule has 2 aromatic carbocycles. The molecule has 29 heavy (non-hydrogen) atoms. The van der Waals surface area contributed by atoms with Gasteiger partial charge in [0.05, 0.1) is 10.6 Å². The van der Waals surface area contributed by atoms with E-state index in [1.165, 1.54) is 30.2 Å². The Labute approximate surface area is 176 Å². The Kier molecular flexibility index (Phi) is 6.26. The van der Waals surface area contributed by atoms with E-state index in [0.29, 0.717) is 17.1 Å². The van der Waals surface area contributed by atoms with Crippen molar-refractivity contribution in [2.45, 2.75) is 23.9 Å². The number of aryl methyl sites for hydroxylation is 2. The lowest BCUT2D eigenvalue weighted by atomic mass is 10.1. The minimum Gasteiger partial charge on any atom is -0.269 e. The Bertz CT molecular complexity index is 1130. The van der Waals surface area contributed by atoms with Gasteiger partial charge >= 0.3 is 0 Å². The van der Waals surface area contributed by atoms with Crippen LogP contribution in [0, 0.1) is 13.8 Å². The second kappa shape index (κ2) is 8.52. The molecule has 3 aromatic rings. The summed E-state index contributed by atoms with van der Waals surface area (Å²) in [6.07, 6.45) is 1.82. The van der Waals surface area contributed by atoms with Gasteiger partial charge in [-0.3, -0.25) is 4.57 Å². The molecule has 152 valence electrons. The normalized spacial score (nSPS) is 11.8. The van der Waals surface area contributed by atoms with Gasteiger partial charge in [0.25, 0.3) is 0 Å². The molecule has 0 aliphatic carbocycles. The molecule has 0 aliphatic rings. The molecule has 0 radical (unpaired) electrons. The molecule has 0 spiro atoms. The molecule has 0 saturated heterocycles. The minimum absolute atomic E-state index is 0.219. The van der Waals surface area contributed by atoms with E-state index in [1.807, 2.05) is 48.8 Å². The van der Waals surface area contributed by atoms with E-state index in [0.717, 1.165) is 22.0 Å². The lowest BCUT2D eigenvalue weighted by molar-refractivity contribution is 0.521. The first-order valence-electron chi connectivity index (χ1n) is 9.06. The van der Waals surface area contributed by atoms with Crippen molar-refractivity contribution < 1.29 is 8.42 Å². The summed E-state index contributed by atoms with van der Waals surface area (Å²) in [5.74, 6) is 1.29. The Morgan fingerprint density at radius 3 is 2.38 bits per heavy atom. The summed E-state index contributed by atoms with van der Waals surface area (Å²) in [6, 6.07) is 12.9. The fourth-order valence-electron chi connectivity index (χ4n) is 3.05. The number of aromatic nitrogens is 3. The smallest absolute Gasteiger partial charge is 0.242 e. The summed E-state index contributed by atoms with van der Waals surface area (Å²) in [5, 5.41) is 9.53. The largest absolute Gasteiger partial charge is 0.269 e. The predicted molar refractivity (Wildman–Crippen MR) is 118 cm³/mol. The van der Waals surface area contributed by atoms with Crippen LogP contribution >= 0.6 is 11.8 Å². The summed E-state index contributed by atoms with van der Waals surface area (Å²) in [4.78, 5) is 0.219. The van der Waals surface area contributed by atoms with Crippen molar-refractivity contribution in [1.82, 2.24) is 19.1 Å². The van der Waals surface area contributed by atoms with Gasteiger partial charge in [-0.15, -0.1) is 16.8 Å². The number of benzene rings is 2. The van der Waals surface area contributed by atoms with Crippen LogP contribution in [0.3, 0.4) is 0 Å². The van der Waals surface area contributed by atoms with Gasteiger partial charge in [-0.1, -0.05) is 48.2 Å². The molecule has 8 heteroatoms. The van der Waals surface area contributed by atoms with Crippen LogP contribution in [0.15, 0.2) is 65.2 Å². The van der Waals surface area contributed by atoms with E-state index in [9.17, 15) is 8.42 Å². The van der Waals surface area contributed by atoms with E-state index >= 15 is 0 Å². The van der Waals surface area contributed by atoms with Crippen molar-refractivity contribution >= 4 is 21.8 Å². The molecule has 0 fully saturated rings. The summed E-state index contributed by atoms with van der Waals surface area (Å²) >= 11 is 1.53. The first-order valence-corrected chi connectivity index (χ1v) is 11.5.